The zero-order valence-electron chi connectivity index (χ0n) is 10.5. The van der Waals surface area contributed by atoms with E-state index in [0.717, 1.165) is 0 Å². The van der Waals surface area contributed by atoms with Crippen LogP contribution in [0.2, 0.25) is 0 Å². The second kappa shape index (κ2) is 5.49. The minimum atomic E-state index is 0.671. The summed E-state index contributed by atoms with van der Waals surface area (Å²) in [6, 6.07) is 9.72. The largest absolute Gasteiger partial charge is 0.316 e. The average molecular weight is 217 g/mol. The fourth-order valence-corrected chi connectivity index (χ4v) is 2.95. The van der Waals surface area contributed by atoms with Gasteiger partial charge < -0.3 is 5.32 Å². The zero-order valence-corrected chi connectivity index (χ0v) is 10.5. The van der Waals surface area contributed by atoms with E-state index in [2.05, 4.69) is 43.6 Å². The second-order valence-electron chi connectivity index (χ2n) is 5.05. The molecule has 0 amide bonds. The maximum atomic E-state index is 3.51. The Morgan fingerprint density at radius 1 is 1.12 bits per heavy atom. The SMILES string of the molecule is CNC1CCCCCC1c1cccc(C)c1. The van der Waals surface area contributed by atoms with Gasteiger partial charge in [-0.25, -0.2) is 0 Å². The minimum Gasteiger partial charge on any atom is -0.316 e. The molecule has 0 spiro atoms. The maximum Gasteiger partial charge on any atom is 0.0133 e. The van der Waals surface area contributed by atoms with Crippen LogP contribution < -0.4 is 5.32 Å². The molecule has 2 rings (SSSR count). The molecule has 1 N–H and O–H groups in total. The number of aryl methyl sites for hydroxylation is 1. The van der Waals surface area contributed by atoms with Crippen LogP contribution in [0.15, 0.2) is 24.3 Å². The van der Waals surface area contributed by atoms with E-state index in [4.69, 9.17) is 0 Å². The Morgan fingerprint density at radius 3 is 2.69 bits per heavy atom. The van der Waals surface area contributed by atoms with Crippen LogP contribution in [0.5, 0.6) is 0 Å². The Morgan fingerprint density at radius 2 is 1.94 bits per heavy atom. The van der Waals surface area contributed by atoms with Crippen molar-refractivity contribution in [1.82, 2.24) is 5.32 Å². The van der Waals surface area contributed by atoms with Crippen LogP contribution in [0.3, 0.4) is 0 Å². The van der Waals surface area contributed by atoms with Crippen LogP contribution in [-0.2, 0) is 0 Å². The van der Waals surface area contributed by atoms with Gasteiger partial charge in [0.05, 0.1) is 0 Å². The van der Waals surface area contributed by atoms with Crippen molar-refractivity contribution in [2.24, 2.45) is 0 Å². The Bertz CT molecular complexity index is 332. The quantitative estimate of drug-likeness (QED) is 0.746. The van der Waals surface area contributed by atoms with E-state index < -0.39 is 0 Å². The molecule has 88 valence electrons. The van der Waals surface area contributed by atoms with E-state index in [-0.39, 0.29) is 0 Å². The van der Waals surface area contributed by atoms with Gasteiger partial charge in [0.2, 0.25) is 0 Å². The summed E-state index contributed by atoms with van der Waals surface area (Å²) >= 11 is 0. The van der Waals surface area contributed by atoms with E-state index in [1.54, 1.807) is 0 Å². The molecular formula is C15H23N. The van der Waals surface area contributed by atoms with Gasteiger partial charge in [-0.05, 0) is 38.3 Å². The third-order valence-electron chi connectivity index (χ3n) is 3.86. The summed E-state index contributed by atoms with van der Waals surface area (Å²) in [4.78, 5) is 0. The molecular weight excluding hydrogens is 194 g/mol. The zero-order chi connectivity index (χ0) is 11.4. The van der Waals surface area contributed by atoms with Crippen LogP contribution >= 0.6 is 0 Å². The molecule has 1 fully saturated rings. The lowest BCUT2D eigenvalue weighted by molar-refractivity contribution is 0.439. The first-order chi connectivity index (χ1) is 7.81. The highest BCUT2D eigenvalue weighted by Crippen LogP contribution is 2.32. The summed E-state index contributed by atoms with van der Waals surface area (Å²) in [5, 5.41) is 3.51. The molecule has 1 aromatic rings. The molecule has 0 radical (unpaired) electrons. The summed E-state index contributed by atoms with van der Waals surface area (Å²) in [5.41, 5.74) is 2.91. The first kappa shape index (κ1) is 11.7. The van der Waals surface area contributed by atoms with Crippen molar-refractivity contribution in [2.75, 3.05) is 7.05 Å². The van der Waals surface area contributed by atoms with E-state index in [1.165, 1.54) is 43.2 Å². The van der Waals surface area contributed by atoms with Crippen LogP contribution in [0, 0.1) is 6.92 Å². The van der Waals surface area contributed by atoms with Gasteiger partial charge in [0.1, 0.15) is 0 Å². The van der Waals surface area contributed by atoms with Crippen molar-refractivity contribution in [3.8, 4) is 0 Å². The molecule has 1 aliphatic carbocycles. The smallest absolute Gasteiger partial charge is 0.0133 e. The Balaban J connectivity index is 2.21. The van der Waals surface area contributed by atoms with Gasteiger partial charge in [0.25, 0.3) is 0 Å². The lowest BCUT2D eigenvalue weighted by atomic mass is 9.87. The van der Waals surface area contributed by atoms with Gasteiger partial charge in [0.15, 0.2) is 0 Å². The van der Waals surface area contributed by atoms with Crippen molar-refractivity contribution in [2.45, 2.75) is 51.0 Å². The van der Waals surface area contributed by atoms with Crippen molar-refractivity contribution >= 4 is 0 Å². The molecule has 0 aliphatic heterocycles. The van der Waals surface area contributed by atoms with Gasteiger partial charge in [-0.15, -0.1) is 0 Å². The normalized spacial score (nSPS) is 26.4. The van der Waals surface area contributed by atoms with Gasteiger partial charge in [-0.1, -0.05) is 49.1 Å². The number of benzene rings is 1. The number of nitrogens with one attached hydrogen (secondary N) is 1. The van der Waals surface area contributed by atoms with E-state index in [1.807, 2.05) is 0 Å². The summed E-state index contributed by atoms with van der Waals surface area (Å²) in [5.74, 6) is 0.715. The Hall–Kier alpha value is -0.820. The maximum absolute atomic E-state index is 3.51. The Kier molecular flexibility index (Phi) is 4.00. The molecule has 2 atom stereocenters. The van der Waals surface area contributed by atoms with E-state index in [9.17, 15) is 0 Å². The molecule has 0 heterocycles. The monoisotopic (exact) mass is 217 g/mol. The van der Waals surface area contributed by atoms with Crippen LogP contribution in [0.4, 0.5) is 0 Å². The topological polar surface area (TPSA) is 12.0 Å². The highest BCUT2D eigenvalue weighted by Gasteiger charge is 2.23. The Labute approximate surface area is 99.3 Å². The van der Waals surface area contributed by atoms with E-state index >= 15 is 0 Å². The molecule has 2 unspecified atom stereocenters. The number of rotatable bonds is 2. The minimum absolute atomic E-state index is 0.671. The van der Waals surface area contributed by atoms with E-state index in [0.29, 0.717) is 12.0 Å². The fourth-order valence-electron chi connectivity index (χ4n) is 2.95. The summed E-state index contributed by atoms with van der Waals surface area (Å²) in [7, 11) is 2.11. The van der Waals surface area contributed by atoms with Crippen LogP contribution in [-0.4, -0.2) is 13.1 Å². The second-order valence-corrected chi connectivity index (χ2v) is 5.05. The number of hydrogen-bond donors (Lipinski definition) is 1. The van der Waals surface area contributed by atoms with Gasteiger partial charge in [-0.3, -0.25) is 0 Å². The van der Waals surface area contributed by atoms with Crippen molar-refractivity contribution < 1.29 is 0 Å². The standard InChI is InChI=1S/C15H23N/c1-12-7-6-8-13(11-12)14-9-4-3-5-10-15(14)16-2/h6-8,11,14-16H,3-5,9-10H2,1-2H3. The molecule has 0 bridgehead atoms. The molecule has 0 saturated heterocycles. The molecule has 1 aliphatic rings. The average Bonchev–Trinajstić information content (AvgIpc) is 2.53. The summed E-state index contributed by atoms with van der Waals surface area (Å²) < 4.78 is 0. The molecule has 1 nitrogen and oxygen atoms in total. The highest BCUT2D eigenvalue weighted by atomic mass is 14.9. The summed E-state index contributed by atoms with van der Waals surface area (Å²) in [6.45, 7) is 2.19. The van der Waals surface area contributed by atoms with Gasteiger partial charge in [-0.2, -0.15) is 0 Å². The van der Waals surface area contributed by atoms with Crippen molar-refractivity contribution in [1.29, 1.82) is 0 Å². The van der Waals surface area contributed by atoms with Crippen LogP contribution in [0.1, 0.15) is 49.1 Å². The first-order valence-corrected chi connectivity index (χ1v) is 6.55. The number of hydrogen-bond acceptors (Lipinski definition) is 1. The molecule has 1 aromatic carbocycles. The molecule has 0 aromatic heterocycles. The highest BCUT2D eigenvalue weighted by molar-refractivity contribution is 5.27. The van der Waals surface area contributed by atoms with Crippen molar-refractivity contribution in [3.05, 3.63) is 35.4 Å². The number of likely N-dealkylation sites (N-methyl/N-ethyl adjacent to an activating group) is 1. The molecule has 1 heteroatoms. The predicted octanol–water partition coefficient (Wildman–Crippen LogP) is 3.63. The van der Waals surface area contributed by atoms with Gasteiger partial charge >= 0.3 is 0 Å². The van der Waals surface area contributed by atoms with Gasteiger partial charge in [0, 0.05) is 6.04 Å². The lowest BCUT2D eigenvalue weighted by Crippen LogP contribution is -2.31. The lowest BCUT2D eigenvalue weighted by Gasteiger charge is -2.25. The third-order valence-corrected chi connectivity index (χ3v) is 3.86. The predicted molar refractivity (Wildman–Crippen MR) is 69.9 cm³/mol. The third kappa shape index (κ3) is 2.65. The molecule has 1 saturated carbocycles. The van der Waals surface area contributed by atoms with Crippen LogP contribution in [0.25, 0.3) is 0 Å². The summed E-state index contributed by atoms with van der Waals surface area (Å²) in [6.07, 6.45) is 6.84. The van der Waals surface area contributed by atoms with Crippen molar-refractivity contribution in [3.63, 3.8) is 0 Å². The molecule has 16 heavy (non-hydrogen) atoms. The first-order valence-electron chi connectivity index (χ1n) is 6.55. The fraction of sp³-hybridized carbons (Fsp3) is 0.600.